The van der Waals surface area contributed by atoms with Crippen molar-refractivity contribution in [3.63, 3.8) is 0 Å². The third-order valence-electron chi connectivity index (χ3n) is 3.56. The van der Waals surface area contributed by atoms with Gasteiger partial charge in [-0.3, -0.25) is 9.69 Å². The molecule has 98 valence electrons. The van der Waals surface area contributed by atoms with Crippen LogP contribution >= 0.6 is 0 Å². The van der Waals surface area contributed by atoms with Gasteiger partial charge in [-0.1, -0.05) is 0 Å². The van der Waals surface area contributed by atoms with E-state index in [1.54, 1.807) is 0 Å². The Labute approximate surface area is 101 Å². The third-order valence-corrected chi connectivity index (χ3v) is 5.28. The topological polar surface area (TPSA) is 86.7 Å². The van der Waals surface area contributed by atoms with E-state index >= 15 is 0 Å². The molecule has 1 unspecified atom stereocenters. The Hall–Kier alpha value is -0.660. The number of nitrogens with zero attached hydrogens (tertiary/aromatic N) is 1. The Morgan fingerprint density at radius 3 is 2.53 bits per heavy atom. The van der Waals surface area contributed by atoms with Gasteiger partial charge < -0.3 is 10.4 Å². The summed E-state index contributed by atoms with van der Waals surface area (Å²) in [5.41, 5.74) is 0. The molecule has 2 aliphatic heterocycles. The van der Waals surface area contributed by atoms with Crippen molar-refractivity contribution in [3.8, 4) is 0 Å². The molecule has 0 bridgehead atoms. The summed E-state index contributed by atoms with van der Waals surface area (Å²) < 4.78 is 22.7. The minimum atomic E-state index is -2.88. The Morgan fingerprint density at radius 1 is 1.29 bits per heavy atom. The molecule has 0 saturated carbocycles. The van der Waals surface area contributed by atoms with Gasteiger partial charge in [0.05, 0.1) is 11.5 Å². The zero-order valence-electron chi connectivity index (χ0n) is 9.63. The molecule has 2 aliphatic rings. The lowest BCUT2D eigenvalue weighted by Gasteiger charge is -2.40. The molecule has 2 heterocycles. The lowest BCUT2D eigenvalue weighted by Crippen LogP contribution is -2.59. The van der Waals surface area contributed by atoms with Gasteiger partial charge >= 0.3 is 5.97 Å². The average Bonchev–Trinajstić information content (AvgIpc) is 2.29. The molecule has 2 fully saturated rings. The fourth-order valence-electron chi connectivity index (χ4n) is 2.60. The summed E-state index contributed by atoms with van der Waals surface area (Å²) in [5.74, 6) is -0.451. The van der Waals surface area contributed by atoms with E-state index in [1.807, 2.05) is 4.90 Å². The summed E-state index contributed by atoms with van der Waals surface area (Å²) in [6.07, 6.45) is 1.12. The van der Waals surface area contributed by atoms with Crippen molar-refractivity contribution in [1.29, 1.82) is 0 Å². The van der Waals surface area contributed by atoms with Crippen molar-refractivity contribution >= 4 is 15.8 Å². The highest BCUT2D eigenvalue weighted by atomic mass is 32.2. The molecule has 1 atom stereocenters. The number of aliphatic carboxylic acids is 1. The van der Waals surface area contributed by atoms with E-state index < -0.39 is 21.8 Å². The zero-order valence-corrected chi connectivity index (χ0v) is 10.4. The van der Waals surface area contributed by atoms with Gasteiger partial charge in [0.1, 0.15) is 15.9 Å². The smallest absolute Gasteiger partial charge is 0.322 e. The Balaban J connectivity index is 2.03. The van der Waals surface area contributed by atoms with Gasteiger partial charge in [0.2, 0.25) is 0 Å². The van der Waals surface area contributed by atoms with E-state index in [0.717, 1.165) is 6.54 Å². The summed E-state index contributed by atoms with van der Waals surface area (Å²) in [5, 5.41) is 12.2. The predicted molar refractivity (Wildman–Crippen MR) is 62.7 cm³/mol. The van der Waals surface area contributed by atoms with E-state index in [0.29, 0.717) is 25.9 Å². The molecule has 0 aromatic rings. The number of piperazine rings is 1. The molecular weight excluding hydrogens is 244 g/mol. The van der Waals surface area contributed by atoms with E-state index in [-0.39, 0.29) is 17.5 Å². The fourth-order valence-corrected chi connectivity index (χ4v) is 4.06. The highest BCUT2D eigenvalue weighted by molar-refractivity contribution is 7.91. The fraction of sp³-hybridized carbons (Fsp3) is 0.900. The second kappa shape index (κ2) is 4.91. The van der Waals surface area contributed by atoms with Crippen LogP contribution in [-0.4, -0.2) is 67.6 Å². The first-order valence-corrected chi connectivity index (χ1v) is 7.71. The maximum Gasteiger partial charge on any atom is 0.322 e. The van der Waals surface area contributed by atoms with Crippen molar-refractivity contribution in [1.82, 2.24) is 10.2 Å². The number of hydrogen-bond donors (Lipinski definition) is 2. The van der Waals surface area contributed by atoms with E-state index in [1.165, 1.54) is 0 Å². The van der Waals surface area contributed by atoms with Gasteiger partial charge in [-0.2, -0.15) is 0 Å². The number of carboxylic acids is 1. The van der Waals surface area contributed by atoms with E-state index in [2.05, 4.69) is 5.32 Å². The second-order valence-electron chi connectivity index (χ2n) is 4.68. The first kappa shape index (κ1) is 12.8. The van der Waals surface area contributed by atoms with Crippen LogP contribution in [0.25, 0.3) is 0 Å². The molecule has 2 saturated heterocycles. The summed E-state index contributed by atoms with van der Waals surface area (Å²) in [6, 6.07) is -0.420. The van der Waals surface area contributed by atoms with Crippen molar-refractivity contribution in [2.45, 2.75) is 24.9 Å². The van der Waals surface area contributed by atoms with Crippen molar-refractivity contribution in [2.75, 3.05) is 31.1 Å². The second-order valence-corrected chi connectivity index (χ2v) is 6.98. The van der Waals surface area contributed by atoms with Gasteiger partial charge in [0.15, 0.2) is 0 Å². The predicted octanol–water partition coefficient (Wildman–Crippen LogP) is -1.08. The lowest BCUT2D eigenvalue weighted by molar-refractivity contribution is -0.145. The highest BCUT2D eigenvalue weighted by Crippen LogP contribution is 2.21. The first-order chi connectivity index (χ1) is 7.99. The number of rotatable bonds is 2. The van der Waals surface area contributed by atoms with Gasteiger partial charge in [-0.25, -0.2) is 8.42 Å². The molecule has 2 rings (SSSR count). The maximum atomic E-state index is 11.3. The summed E-state index contributed by atoms with van der Waals surface area (Å²) >= 11 is 0. The van der Waals surface area contributed by atoms with Crippen LogP contribution < -0.4 is 5.32 Å². The molecule has 0 aliphatic carbocycles. The van der Waals surface area contributed by atoms with E-state index in [9.17, 15) is 13.2 Å². The van der Waals surface area contributed by atoms with Gasteiger partial charge in [-0.15, -0.1) is 0 Å². The van der Waals surface area contributed by atoms with Crippen LogP contribution in [0.4, 0.5) is 0 Å². The highest BCUT2D eigenvalue weighted by Gasteiger charge is 2.36. The molecule has 0 spiro atoms. The van der Waals surface area contributed by atoms with E-state index in [4.69, 9.17) is 5.11 Å². The van der Waals surface area contributed by atoms with Gasteiger partial charge in [-0.05, 0) is 12.8 Å². The summed E-state index contributed by atoms with van der Waals surface area (Å²) in [6.45, 7) is 1.90. The molecule has 0 aromatic heterocycles. The third kappa shape index (κ3) is 2.97. The molecule has 7 heteroatoms. The van der Waals surface area contributed by atoms with Crippen molar-refractivity contribution in [3.05, 3.63) is 0 Å². The molecule has 0 aromatic carbocycles. The number of nitrogens with one attached hydrogen (secondary N) is 1. The average molecular weight is 262 g/mol. The Kier molecular flexibility index (Phi) is 3.70. The minimum Gasteiger partial charge on any atom is -0.480 e. The number of carbonyl (C=O) groups is 1. The van der Waals surface area contributed by atoms with Crippen LogP contribution in [0.5, 0.6) is 0 Å². The largest absolute Gasteiger partial charge is 0.480 e. The molecular formula is C10H18N2O4S. The molecule has 0 amide bonds. The quantitative estimate of drug-likeness (QED) is 0.658. The monoisotopic (exact) mass is 262 g/mol. The minimum absolute atomic E-state index is 0.0988. The number of hydrogen-bond acceptors (Lipinski definition) is 5. The zero-order chi connectivity index (χ0) is 12.5. The van der Waals surface area contributed by atoms with Crippen LogP contribution in [-0.2, 0) is 14.6 Å². The van der Waals surface area contributed by atoms with Crippen LogP contribution in [0.1, 0.15) is 12.8 Å². The van der Waals surface area contributed by atoms with Gasteiger partial charge in [0, 0.05) is 25.7 Å². The Morgan fingerprint density at radius 2 is 1.94 bits per heavy atom. The van der Waals surface area contributed by atoms with Crippen LogP contribution in [0.3, 0.4) is 0 Å². The lowest BCUT2D eigenvalue weighted by atomic mass is 10.0. The number of sulfone groups is 1. The normalized spacial score (nSPS) is 31.2. The van der Waals surface area contributed by atoms with Gasteiger partial charge in [0.25, 0.3) is 0 Å². The summed E-state index contributed by atoms with van der Waals surface area (Å²) in [7, 11) is -2.88. The van der Waals surface area contributed by atoms with Crippen LogP contribution in [0.2, 0.25) is 0 Å². The van der Waals surface area contributed by atoms with Crippen LogP contribution in [0.15, 0.2) is 0 Å². The van der Waals surface area contributed by atoms with Crippen molar-refractivity contribution in [2.24, 2.45) is 0 Å². The molecule has 2 N–H and O–H groups in total. The van der Waals surface area contributed by atoms with Crippen molar-refractivity contribution < 1.29 is 18.3 Å². The first-order valence-electron chi connectivity index (χ1n) is 5.89. The standard InChI is InChI=1S/C10H18N2O4S/c13-10(14)9-7-11-3-4-12(9)8-1-5-17(15,16)6-2-8/h8-9,11H,1-7H2,(H,13,14). The molecule has 6 nitrogen and oxygen atoms in total. The van der Waals surface area contributed by atoms with Crippen LogP contribution in [0, 0.1) is 0 Å². The number of carboxylic acid groups (broad SMARTS) is 1. The SMILES string of the molecule is O=C(O)C1CNCCN1C1CCS(=O)(=O)CC1. The molecule has 0 radical (unpaired) electrons. The molecule has 17 heavy (non-hydrogen) atoms. The maximum absolute atomic E-state index is 11.3. The Bertz CT molecular complexity index is 381. The summed E-state index contributed by atoms with van der Waals surface area (Å²) in [4.78, 5) is 13.1.